The first kappa shape index (κ1) is 15.9. The molecule has 7 heteroatoms. The van der Waals surface area contributed by atoms with E-state index in [0.29, 0.717) is 12.2 Å². The van der Waals surface area contributed by atoms with Gasteiger partial charge in [-0.1, -0.05) is 0 Å². The highest BCUT2D eigenvalue weighted by Gasteiger charge is 2.12. The molecule has 0 aliphatic heterocycles. The lowest BCUT2D eigenvalue weighted by Gasteiger charge is -2.10. The molecule has 0 atom stereocenters. The van der Waals surface area contributed by atoms with Gasteiger partial charge in [0.2, 0.25) is 10.0 Å². The predicted octanol–water partition coefficient (Wildman–Crippen LogP) is 0.592. The largest absolute Gasteiger partial charge is 0.324 e. The van der Waals surface area contributed by atoms with E-state index in [0.717, 1.165) is 19.4 Å². The Labute approximate surface area is 115 Å². The number of nitrogens with one attached hydrogen (secondary N) is 2. The van der Waals surface area contributed by atoms with Crippen molar-refractivity contribution in [3.63, 3.8) is 0 Å². The first-order valence-electron chi connectivity index (χ1n) is 6.17. The quantitative estimate of drug-likeness (QED) is 0.370. The van der Waals surface area contributed by atoms with Crippen LogP contribution in [-0.4, -0.2) is 40.5 Å². The van der Waals surface area contributed by atoms with Crippen molar-refractivity contribution in [2.45, 2.75) is 17.7 Å². The maximum Gasteiger partial charge on any atom is 0.240 e. The molecular weight excluding hydrogens is 264 g/mol. The third-order valence-corrected chi connectivity index (χ3v) is 4.13. The minimum absolute atomic E-state index is 0.249. The number of hydrogen-bond donors (Lipinski definition) is 3. The van der Waals surface area contributed by atoms with Gasteiger partial charge < -0.3 is 10.3 Å². The van der Waals surface area contributed by atoms with Crippen LogP contribution >= 0.6 is 0 Å². The molecule has 1 rings (SSSR count). The van der Waals surface area contributed by atoms with Crippen LogP contribution in [0.5, 0.6) is 0 Å². The van der Waals surface area contributed by atoms with Gasteiger partial charge in [0.05, 0.1) is 4.90 Å². The molecule has 4 N–H and O–H groups in total. The highest BCUT2D eigenvalue weighted by Crippen LogP contribution is 2.12. The molecule has 1 aromatic rings. The van der Waals surface area contributed by atoms with Crippen molar-refractivity contribution in [3.05, 3.63) is 24.3 Å². The first-order chi connectivity index (χ1) is 8.95. The van der Waals surface area contributed by atoms with Gasteiger partial charge in [0.1, 0.15) is 0 Å². The molecule has 0 aliphatic carbocycles. The minimum Gasteiger partial charge on any atom is -0.324 e. The number of sulfonamides is 1. The van der Waals surface area contributed by atoms with Gasteiger partial charge in [-0.25, -0.2) is 13.1 Å². The van der Waals surface area contributed by atoms with E-state index in [1.54, 1.807) is 12.1 Å². The lowest BCUT2D eigenvalue weighted by atomic mass is 10.3. The number of rotatable bonds is 8. The summed E-state index contributed by atoms with van der Waals surface area (Å²) in [6, 6.07) is 6.30. The van der Waals surface area contributed by atoms with Crippen molar-refractivity contribution in [1.82, 2.24) is 9.62 Å². The highest BCUT2D eigenvalue weighted by atomic mass is 32.2. The van der Waals surface area contributed by atoms with Gasteiger partial charge in [0.25, 0.3) is 0 Å². The van der Waals surface area contributed by atoms with Crippen molar-refractivity contribution in [3.8, 4) is 0 Å². The summed E-state index contributed by atoms with van der Waals surface area (Å²) in [4.78, 5) is 2.33. The summed E-state index contributed by atoms with van der Waals surface area (Å²) in [6.07, 6.45) is 1.78. The summed E-state index contributed by atoms with van der Waals surface area (Å²) in [5, 5.41) is 0. The van der Waals surface area contributed by atoms with E-state index in [2.05, 4.69) is 15.0 Å². The van der Waals surface area contributed by atoms with Crippen LogP contribution in [0.2, 0.25) is 0 Å². The van der Waals surface area contributed by atoms with Crippen LogP contribution in [0, 0.1) is 0 Å². The monoisotopic (exact) mass is 286 g/mol. The maximum absolute atomic E-state index is 12.0. The number of hydrogen-bond acceptors (Lipinski definition) is 5. The molecule has 0 aromatic heterocycles. The Morgan fingerprint density at radius 1 is 1.16 bits per heavy atom. The average molecular weight is 286 g/mol. The molecule has 0 heterocycles. The van der Waals surface area contributed by atoms with Crippen molar-refractivity contribution in [2.75, 3.05) is 32.6 Å². The zero-order valence-corrected chi connectivity index (χ0v) is 12.2. The van der Waals surface area contributed by atoms with Crippen LogP contribution in [0.3, 0.4) is 0 Å². The van der Waals surface area contributed by atoms with Crippen LogP contribution < -0.4 is 16.0 Å². The standard InChI is InChI=1S/C12H22N4O2S/c1-16(2)10-4-3-9-14-19(17,18)12-7-5-11(15-13)6-8-12/h5-8,14-15H,3-4,9-10,13H2,1-2H3. The van der Waals surface area contributed by atoms with Gasteiger partial charge in [-0.15, -0.1) is 0 Å². The van der Waals surface area contributed by atoms with Crippen LogP contribution in [-0.2, 0) is 10.0 Å². The molecule has 0 unspecified atom stereocenters. The lowest BCUT2D eigenvalue weighted by molar-refractivity contribution is 0.394. The van der Waals surface area contributed by atoms with Crippen LogP contribution in [0.1, 0.15) is 12.8 Å². The number of benzene rings is 1. The van der Waals surface area contributed by atoms with Crippen LogP contribution in [0.4, 0.5) is 5.69 Å². The Morgan fingerprint density at radius 2 is 1.79 bits per heavy atom. The van der Waals surface area contributed by atoms with Crippen LogP contribution in [0.15, 0.2) is 29.2 Å². The van der Waals surface area contributed by atoms with Gasteiger partial charge in [-0.2, -0.15) is 0 Å². The third-order valence-electron chi connectivity index (χ3n) is 2.66. The number of nitrogens with two attached hydrogens (primary N) is 1. The number of nitrogen functional groups attached to an aromatic ring is 1. The van der Waals surface area contributed by atoms with E-state index in [9.17, 15) is 8.42 Å². The van der Waals surface area contributed by atoms with Crippen molar-refractivity contribution in [1.29, 1.82) is 0 Å². The molecule has 0 saturated carbocycles. The summed E-state index contributed by atoms with van der Waals surface area (Å²) in [5.41, 5.74) is 3.13. The van der Waals surface area contributed by atoms with Gasteiger partial charge in [0, 0.05) is 12.2 Å². The second kappa shape index (κ2) is 7.44. The summed E-state index contributed by atoms with van der Waals surface area (Å²) >= 11 is 0. The molecule has 19 heavy (non-hydrogen) atoms. The fourth-order valence-corrected chi connectivity index (χ4v) is 2.65. The normalized spacial score (nSPS) is 11.8. The Bertz CT molecular complexity index is 471. The number of hydrazine groups is 1. The SMILES string of the molecule is CN(C)CCCCNS(=O)(=O)c1ccc(NN)cc1. The fraction of sp³-hybridized carbons (Fsp3) is 0.500. The molecule has 1 aromatic carbocycles. The molecule has 0 amide bonds. The average Bonchev–Trinajstić information content (AvgIpc) is 2.38. The summed E-state index contributed by atoms with van der Waals surface area (Å²) in [5.74, 6) is 5.23. The Kier molecular flexibility index (Phi) is 6.23. The van der Waals surface area contributed by atoms with Crippen molar-refractivity contribution in [2.24, 2.45) is 5.84 Å². The van der Waals surface area contributed by atoms with E-state index in [4.69, 9.17) is 5.84 Å². The van der Waals surface area contributed by atoms with Crippen LogP contribution in [0.25, 0.3) is 0 Å². The molecule has 0 bridgehead atoms. The Morgan fingerprint density at radius 3 is 2.32 bits per heavy atom. The second-order valence-electron chi connectivity index (χ2n) is 4.58. The molecule has 0 saturated heterocycles. The fourth-order valence-electron chi connectivity index (χ4n) is 1.57. The van der Waals surface area contributed by atoms with Gasteiger partial charge >= 0.3 is 0 Å². The maximum atomic E-state index is 12.0. The number of nitrogens with zero attached hydrogens (tertiary/aromatic N) is 1. The second-order valence-corrected chi connectivity index (χ2v) is 6.34. The number of unbranched alkanes of at least 4 members (excludes halogenated alkanes) is 1. The highest BCUT2D eigenvalue weighted by molar-refractivity contribution is 7.89. The van der Waals surface area contributed by atoms with E-state index in [-0.39, 0.29) is 4.90 Å². The molecule has 108 valence electrons. The minimum atomic E-state index is -3.42. The summed E-state index contributed by atoms with van der Waals surface area (Å²) in [6.45, 7) is 1.41. The van der Waals surface area contributed by atoms with Gasteiger partial charge in [0.15, 0.2) is 0 Å². The van der Waals surface area contributed by atoms with Crippen molar-refractivity contribution >= 4 is 15.7 Å². The van der Waals surface area contributed by atoms with E-state index in [1.807, 2.05) is 14.1 Å². The zero-order valence-electron chi connectivity index (χ0n) is 11.4. The third kappa shape index (κ3) is 5.56. The Hall–Kier alpha value is -1.15. The van der Waals surface area contributed by atoms with Gasteiger partial charge in [-0.05, 0) is 57.7 Å². The molecule has 0 radical (unpaired) electrons. The lowest BCUT2D eigenvalue weighted by Crippen LogP contribution is -2.25. The summed E-state index contributed by atoms with van der Waals surface area (Å²) in [7, 11) is 0.576. The first-order valence-corrected chi connectivity index (χ1v) is 7.65. The molecule has 0 aliphatic rings. The zero-order chi connectivity index (χ0) is 14.3. The van der Waals surface area contributed by atoms with E-state index in [1.165, 1.54) is 12.1 Å². The molecule has 0 spiro atoms. The van der Waals surface area contributed by atoms with E-state index < -0.39 is 10.0 Å². The Balaban J connectivity index is 2.46. The van der Waals surface area contributed by atoms with Crippen molar-refractivity contribution < 1.29 is 8.42 Å². The predicted molar refractivity (Wildman–Crippen MR) is 77.2 cm³/mol. The molecular formula is C12H22N4O2S. The topological polar surface area (TPSA) is 87.5 Å². The van der Waals surface area contributed by atoms with E-state index >= 15 is 0 Å². The summed E-state index contributed by atoms with van der Waals surface area (Å²) < 4.78 is 26.5. The molecule has 0 fully saturated rings. The molecule has 6 nitrogen and oxygen atoms in total. The van der Waals surface area contributed by atoms with Gasteiger partial charge in [-0.3, -0.25) is 5.84 Å². The smallest absolute Gasteiger partial charge is 0.240 e. The number of anilines is 1.